The van der Waals surface area contributed by atoms with Gasteiger partial charge < -0.3 is 0 Å². The Bertz CT molecular complexity index is 510. The summed E-state index contributed by atoms with van der Waals surface area (Å²) in [6, 6.07) is 4.11. The molecular weight excluding hydrogens is 250 g/mol. The third-order valence-electron chi connectivity index (χ3n) is 1.75. The van der Waals surface area contributed by atoms with Gasteiger partial charge in [0.25, 0.3) is 0 Å². The average molecular weight is 260 g/mol. The lowest BCUT2D eigenvalue weighted by Gasteiger charge is -2.11. The third kappa shape index (κ3) is 2.92. The fraction of sp³-hybridized carbons (Fsp3) is 0.333. The van der Waals surface area contributed by atoms with Gasteiger partial charge in [0.05, 0.1) is 0 Å². The lowest BCUT2D eigenvalue weighted by atomic mass is 10.4. The summed E-state index contributed by atoms with van der Waals surface area (Å²) < 4.78 is 26.0. The number of alkyl halides is 1. The molecule has 0 aliphatic heterocycles. The Morgan fingerprint density at radius 3 is 2.94 bits per heavy atom. The maximum atomic E-state index is 11.8. The Morgan fingerprint density at radius 2 is 2.38 bits per heavy atom. The van der Waals surface area contributed by atoms with E-state index in [-0.39, 0.29) is 16.5 Å². The van der Waals surface area contributed by atoms with Gasteiger partial charge in [-0.05, 0) is 19.1 Å². The molecule has 0 spiro atoms. The SMILES string of the molecule is CC(CCl)NS(=O)(=O)c1cccnc1C#N. The lowest BCUT2D eigenvalue weighted by Crippen LogP contribution is -2.34. The van der Waals surface area contributed by atoms with Crippen LogP contribution in [0.4, 0.5) is 0 Å². The van der Waals surface area contributed by atoms with Gasteiger partial charge in [-0.2, -0.15) is 5.26 Å². The van der Waals surface area contributed by atoms with Crippen LogP contribution >= 0.6 is 11.6 Å². The van der Waals surface area contributed by atoms with Gasteiger partial charge in [0.15, 0.2) is 5.69 Å². The fourth-order valence-corrected chi connectivity index (χ4v) is 2.57. The normalized spacial score (nSPS) is 13.1. The smallest absolute Gasteiger partial charge is 0.243 e. The van der Waals surface area contributed by atoms with Crippen LogP contribution in [0.3, 0.4) is 0 Å². The van der Waals surface area contributed by atoms with Gasteiger partial charge in [0.2, 0.25) is 10.0 Å². The monoisotopic (exact) mass is 259 g/mol. The van der Waals surface area contributed by atoms with E-state index in [1.807, 2.05) is 0 Å². The van der Waals surface area contributed by atoms with E-state index < -0.39 is 16.1 Å². The maximum absolute atomic E-state index is 11.8. The van der Waals surface area contributed by atoms with Crippen molar-refractivity contribution in [2.75, 3.05) is 5.88 Å². The molecular formula is C9H10ClN3O2S. The number of nitriles is 1. The van der Waals surface area contributed by atoms with Crippen molar-refractivity contribution in [2.24, 2.45) is 0 Å². The molecule has 1 unspecified atom stereocenters. The van der Waals surface area contributed by atoms with E-state index in [0.717, 1.165) is 0 Å². The molecule has 1 atom stereocenters. The molecule has 1 aromatic heterocycles. The van der Waals surface area contributed by atoms with Crippen molar-refractivity contribution in [2.45, 2.75) is 17.9 Å². The molecule has 0 saturated carbocycles. The summed E-state index contributed by atoms with van der Waals surface area (Å²) in [7, 11) is -3.73. The summed E-state index contributed by atoms with van der Waals surface area (Å²) in [5, 5.41) is 8.74. The summed E-state index contributed by atoms with van der Waals surface area (Å²) in [4.78, 5) is 3.55. The van der Waals surface area contributed by atoms with Gasteiger partial charge in [-0.3, -0.25) is 0 Å². The Kier molecular flexibility index (Phi) is 4.24. The molecule has 5 nitrogen and oxygen atoms in total. The van der Waals surface area contributed by atoms with Gasteiger partial charge in [-0.25, -0.2) is 18.1 Å². The predicted octanol–water partition coefficient (Wildman–Crippen LogP) is 0.859. The summed E-state index contributed by atoms with van der Waals surface area (Å²) in [5.41, 5.74) is -0.128. The van der Waals surface area contributed by atoms with E-state index in [1.54, 1.807) is 13.0 Å². The number of pyridine rings is 1. The highest BCUT2D eigenvalue weighted by atomic mass is 35.5. The number of nitrogens with one attached hydrogen (secondary N) is 1. The second kappa shape index (κ2) is 5.25. The number of halogens is 1. The molecule has 16 heavy (non-hydrogen) atoms. The molecule has 0 amide bonds. The molecule has 0 radical (unpaired) electrons. The molecule has 1 N–H and O–H groups in total. The van der Waals surface area contributed by atoms with Crippen LogP contribution in [0.2, 0.25) is 0 Å². The Morgan fingerprint density at radius 1 is 1.69 bits per heavy atom. The number of sulfonamides is 1. The van der Waals surface area contributed by atoms with Gasteiger partial charge in [0.1, 0.15) is 11.0 Å². The minimum atomic E-state index is -3.73. The first-order valence-electron chi connectivity index (χ1n) is 4.44. The van der Waals surface area contributed by atoms with Crippen molar-refractivity contribution < 1.29 is 8.42 Å². The fourth-order valence-electron chi connectivity index (χ4n) is 1.05. The highest BCUT2D eigenvalue weighted by Gasteiger charge is 2.20. The van der Waals surface area contributed by atoms with Gasteiger partial charge in [-0.1, -0.05) is 0 Å². The highest BCUT2D eigenvalue weighted by molar-refractivity contribution is 7.89. The van der Waals surface area contributed by atoms with Gasteiger partial charge in [0, 0.05) is 18.1 Å². The van der Waals surface area contributed by atoms with E-state index in [0.29, 0.717) is 0 Å². The first-order valence-corrected chi connectivity index (χ1v) is 6.46. The molecule has 7 heteroatoms. The third-order valence-corrected chi connectivity index (χ3v) is 3.84. The zero-order valence-electron chi connectivity index (χ0n) is 8.51. The standard InChI is InChI=1S/C9H10ClN3O2S/c1-7(5-10)13-16(14,15)9-3-2-4-12-8(9)6-11/h2-4,7,13H,5H2,1H3. The van der Waals surface area contributed by atoms with Crippen molar-refractivity contribution in [3.63, 3.8) is 0 Å². The van der Waals surface area contributed by atoms with Crippen LogP contribution in [0.5, 0.6) is 0 Å². The van der Waals surface area contributed by atoms with E-state index >= 15 is 0 Å². The number of nitrogens with zero attached hydrogens (tertiary/aromatic N) is 2. The molecule has 0 aliphatic rings. The zero-order chi connectivity index (χ0) is 12.2. The summed E-state index contributed by atoms with van der Waals surface area (Å²) in [6.07, 6.45) is 1.36. The van der Waals surface area contributed by atoms with Gasteiger partial charge in [-0.15, -0.1) is 11.6 Å². The van der Waals surface area contributed by atoms with Crippen LogP contribution in [-0.2, 0) is 10.0 Å². The van der Waals surface area contributed by atoms with Crippen LogP contribution in [0.15, 0.2) is 23.2 Å². The molecule has 1 rings (SSSR count). The minimum absolute atomic E-state index is 0.128. The first kappa shape index (κ1) is 12.9. The van der Waals surface area contributed by atoms with E-state index in [9.17, 15) is 8.42 Å². The second-order valence-corrected chi connectivity index (χ2v) is 5.13. The molecule has 0 saturated heterocycles. The first-order chi connectivity index (χ1) is 7.51. The second-order valence-electron chi connectivity index (χ2n) is 3.14. The van der Waals surface area contributed by atoms with E-state index in [4.69, 9.17) is 16.9 Å². The number of rotatable bonds is 4. The molecule has 0 aliphatic carbocycles. The Labute approximate surface area is 99.1 Å². The summed E-state index contributed by atoms with van der Waals surface area (Å²) in [5.74, 6) is 0.154. The van der Waals surface area contributed by atoms with Crippen LogP contribution in [0.1, 0.15) is 12.6 Å². The van der Waals surface area contributed by atoms with E-state index in [2.05, 4.69) is 9.71 Å². The molecule has 0 aromatic carbocycles. The van der Waals surface area contributed by atoms with Crippen LogP contribution in [0.25, 0.3) is 0 Å². The molecule has 0 bridgehead atoms. The summed E-state index contributed by atoms with van der Waals surface area (Å²) >= 11 is 5.51. The Balaban J connectivity index is 3.13. The van der Waals surface area contributed by atoms with E-state index in [1.165, 1.54) is 18.3 Å². The quantitative estimate of drug-likeness (QED) is 0.813. The number of hydrogen-bond donors (Lipinski definition) is 1. The average Bonchev–Trinajstić information content (AvgIpc) is 2.28. The molecule has 1 heterocycles. The molecule has 1 aromatic rings. The van der Waals surface area contributed by atoms with Crippen molar-refractivity contribution in [1.29, 1.82) is 5.26 Å². The van der Waals surface area contributed by atoms with Crippen molar-refractivity contribution >= 4 is 21.6 Å². The van der Waals surface area contributed by atoms with Crippen LogP contribution in [0, 0.1) is 11.3 Å². The van der Waals surface area contributed by atoms with Crippen molar-refractivity contribution in [1.82, 2.24) is 9.71 Å². The largest absolute Gasteiger partial charge is 0.244 e. The molecule has 0 fully saturated rings. The highest BCUT2D eigenvalue weighted by Crippen LogP contribution is 2.12. The van der Waals surface area contributed by atoms with Crippen LogP contribution < -0.4 is 4.72 Å². The van der Waals surface area contributed by atoms with Crippen molar-refractivity contribution in [3.8, 4) is 6.07 Å². The van der Waals surface area contributed by atoms with Gasteiger partial charge >= 0.3 is 0 Å². The van der Waals surface area contributed by atoms with Crippen molar-refractivity contribution in [3.05, 3.63) is 24.0 Å². The number of aromatic nitrogens is 1. The minimum Gasteiger partial charge on any atom is -0.244 e. The zero-order valence-corrected chi connectivity index (χ0v) is 10.1. The number of hydrogen-bond acceptors (Lipinski definition) is 4. The maximum Gasteiger partial charge on any atom is 0.243 e. The Hall–Kier alpha value is -1.16. The van der Waals surface area contributed by atoms with Crippen LogP contribution in [-0.4, -0.2) is 25.3 Å². The molecule has 86 valence electrons. The lowest BCUT2D eigenvalue weighted by molar-refractivity contribution is 0.570. The summed E-state index contributed by atoms with van der Waals surface area (Å²) in [6.45, 7) is 1.63. The topological polar surface area (TPSA) is 82.8 Å². The predicted molar refractivity (Wildman–Crippen MR) is 59.5 cm³/mol.